The highest BCUT2D eigenvalue weighted by Crippen LogP contribution is 2.44. The number of halogens is 4. The number of hydrogen-bond acceptors (Lipinski definition) is 5. The number of hydrogen-bond donors (Lipinski definition) is 1. The number of likely N-dealkylation sites (tertiary alicyclic amines) is 2. The van der Waals surface area contributed by atoms with Crippen LogP contribution in [-0.4, -0.2) is 64.7 Å². The first-order valence-electron chi connectivity index (χ1n) is 8.91. The third-order valence-corrected chi connectivity index (χ3v) is 5.58. The fourth-order valence-electron chi connectivity index (χ4n) is 4.35. The first-order chi connectivity index (χ1) is 13.3. The van der Waals surface area contributed by atoms with Crippen molar-refractivity contribution < 1.29 is 22.7 Å². The van der Waals surface area contributed by atoms with Gasteiger partial charge in [-0.2, -0.15) is 18.2 Å². The zero-order chi connectivity index (χ0) is 20.1. The van der Waals surface area contributed by atoms with Crippen LogP contribution >= 0.6 is 12.4 Å². The smallest absolute Gasteiger partial charge is 0.451 e. The van der Waals surface area contributed by atoms with Gasteiger partial charge in [0.15, 0.2) is 0 Å². The molecule has 2 aromatic rings. The summed E-state index contributed by atoms with van der Waals surface area (Å²) in [4.78, 5) is 19.7. The lowest BCUT2D eigenvalue weighted by molar-refractivity contribution is -0.144. The Labute approximate surface area is 171 Å². The van der Waals surface area contributed by atoms with Crippen LogP contribution in [0.5, 0.6) is 5.75 Å². The molecule has 1 aromatic heterocycles. The molecule has 158 valence electrons. The van der Waals surface area contributed by atoms with E-state index in [4.69, 9.17) is 4.74 Å². The highest BCUT2D eigenvalue weighted by Gasteiger charge is 2.48. The van der Waals surface area contributed by atoms with E-state index >= 15 is 0 Å². The van der Waals surface area contributed by atoms with Crippen LogP contribution in [0, 0.1) is 11.8 Å². The minimum absolute atomic E-state index is 0. The number of benzene rings is 1. The Morgan fingerprint density at radius 2 is 1.90 bits per heavy atom. The number of ether oxygens (including phenoxy) is 1. The zero-order valence-electron chi connectivity index (χ0n) is 15.8. The lowest BCUT2D eigenvalue weighted by Crippen LogP contribution is -2.34. The van der Waals surface area contributed by atoms with Crippen molar-refractivity contribution in [3.05, 3.63) is 41.5 Å². The summed E-state index contributed by atoms with van der Waals surface area (Å²) in [6, 6.07) is 7.96. The van der Waals surface area contributed by atoms with Gasteiger partial charge in [0, 0.05) is 31.6 Å². The molecule has 2 aliphatic heterocycles. The molecule has 7 nitrogen and oxygen atoms in total. The lowest BCUT2D eigenvalue weighted by atomic mass is 9.89. The van der Waals surface area contributed by atoms with Crippen molar-refractivity contribution in [3.63, 3.8) is 0 Å². The molecule has 0 saturated carbocycles. The Balaban J connectivity index is 0.00000240. The van der Waals surface area contributed by atoms with Crippen molar-refractivity contribution in [2.75, 3.05) is 33.8 Å². The molecule has 2 aliphatic rings. The monoisotopic (exact) mass is 431 g/mol. The van der Waals surface area contributed by atoms with Crippen LogP contribution in [-0.2, 0) is 6.18 Å². The Hall–Kier alpha value is -2.33. The SMILES string of the molecule is COc1ccc([C@H]2[C@@H]3CN(C(=O)c4n[nH]c(C(F)(F)F)n4)C[C@@H]3CN2C)cc1.Cl. The van der Waals surface area contributed by atoms with Gasteiger partial charge in [0.25, 0.3) is 5.91 Å². The second-order valence-corrected chi connectivity index (χ2v) is 7.30. The summed E-state index contributed by atoms with van der Waals surface area (Å²) in [5.41, 5.74) is 1.13. The van der Waals surface area contributed by atoms with Crippen LogP contribution in [0.15, 0.2) is 24.3 Å². The van der Waals surface area contributed by atoms with Crippen molar-refractivity contribution in [2.45, 2.75) is 12.2 Å². The number of aromatic nitrogens is 3. The van der Waals surface area contributed by atoms with Crippen LogP contribution < -0.4 is 4.74 Å². The molecule has 0 bridgehead atoms. The molecule has 4 rings (SSSR count). The first kappa shape index (κ1) is 21.4. The molecule has 0 unspecified atom stereocenters. The van der Waals surface area contributed by atoms with Crippen molar-refractivity contribution in [3.8, 4) is 5.75 Å². The molecule has 11 heteroatoms. The number of H-pyrrole nitrogens is 1. The average molecular weight is 432 g/mol. The summed E-state index contributed by atoms with van der Waals surface area (Å²) in [5, 5.41) is 5.26. The highest BCUT2D eigenvalue weighted by molar-refractivity contribution is 5.90. The van der Waals surface area contributed by atoms with Gasteiger partial charge in [-0.1, -0.05) is 12.1 Å². The molecular weight excluding hydrogens is 411 g/mol. The van der Waals surface area contributed by atoms with E-state index in [0.717, 1.165) is 17.9 Å². The third-order valence-electron chi connectivity index (χ3n) is 5.58. The summed E-state index contributed by atoms with van der Waals surface area (Å²) in [7, 11) is 3.66. The molecular formula is C18H21ClF3N5O2. The van der Waals surface area contributed by atoms with E-state index in [1.165, 1.54) is 0 Å². The number of methoxy groups -OCH3 is 1. The molecule has 1 amide bonds. The van der Waals surface area contributed by atoms with Crippen molar-refractivity contribution in [2.24, 2.45) is 11.8 Å². The highest BCUT2D eigenvalue weighted by atomic mass is 35.5. The normalized spacial score (nSPS) is 24.3. The van der Waals surface area contributed by atoms with E-state index in [2.05, 4.69) is 15.0 Å². The zero-order valence-corrected chi connectivity index (χ0v) is 16.6. The fourth-order valence-corrected chi connectivity index (χ4v) is 4.35. The molecule has 2 saturated heterocycles. The van der Waals surface area contributed by atoms with Gasteiger partial charge in [0.05, 0.1) is 7.11 Å². The van der Waals surface area contributed by atoms with E-state index in [1.54, 1.807) is 17.1 Å². The molecule has 3 atom stereocenters. The van der Waals surface area contributed by atoms with Crippen molar-refractivity contribution in [1.82, 2.24) is 25.0 Å². The van der Waals surface area contributed by atoms with Crippen LogP contribution in [0.4, 0.5) is 13.2 Å². The maximum Gasteiger partial charge on any atom is 0.451 e. The standard InChI is InChI=1S/C18H20F3N5O2.ClH/c1-25-7-11-8-26(16(27)15-22-17(24-23-15)18(19,20)21)9-13(11)14(25)10-3-5-12(28-2)6-4-10;/h3-6,11,13-14H,7-9H2,1-2H3,(H,22,23,24);1H/t11-,13+,14-;/m0./s1. The van der Waals surface area contributed by atoms with Crippen molar-refractivity contribution >= 4 is 18.3 Å². The van der Waals surface area contributed by atoms with Gasteiger partial charge in [0.2, 0.25) is 11.6 Å². The molecule has 2 fully saturated rings. The number of nitrogens with zero attached hydrogens (tertiary/aromatic N) is 4. The number of amides is 1. The second kappa shape index (κ2) is 7.83. The van der Waals surface area contributed by atoms with E-state index in [1.807, 2.05) is 31.3 Å². The number of fused-ring (bicyclic) bond motifs is 1. The van der Waals surface area contributed by atoms with Gasteiger partial charge in [-0.3, -0.25) is 14.8 Å². The predicted octanol–water partition coefficient (Wildman–Crippen LogP) is 2.63. The topological polar surface area (TPSA) is 74.3 Å². The maximum atomic E-state index is 12.7. The van der Waals surface area contributed by atoms with E-state index in [0.29, 0.717) is 13.1 Å². The van der Waals surface area contributed by atoms with Gasteiger partial charge in [-0.15, -0.1) is 17.5 Å². The molecule has 0 aliphatic carbocycles. The van der Waals surface area contributed by atoms with Gasteiger partial charge in [-0.05, 0) is 30.7 Å². The van der Waals surface area contributed by atoms with Crippen LogP contribution in [0.1, 0.15) is 28.0 Å². The Kier molecular flexibility index (Phi) is 5.77. The Morgan fingerprint density at radius 3 is 2.48 bits per heavy atom. The van der Waals surface area contributed by atoms with Gasteiger partial charge < -0.3 is 9.64 Å². The number of carbonyl (C=O) groups is 1. The van der Waals surface area contributed by atoms with Crippen LogP contribution in [0.25, 0.3) is 0 Å². The predicted molar refractivity (Wildman–Crippen MR) is 99.9 cm³/mol. The summed E-state index contributed by atoms with van der Waals surface area (Å²) < 4.78 is 43.3. The summed E-state index contributed by atoms with van der Waals surface area (Å²) in [6.07, 6.45) is -4.66. The number of nitrogens with one attached hydrogen (secondary N) is 1. The summed E-state index contributed by atoms with van der Waals surface area (Å²) in [6.45, 7) is 1.75. The minimum Gasteiger partial charge on any atom is -0.497 e. The lowest BCUT2D eigenvalue weighted by Gasteiger charge is -2.26. The Morgan fingerprint density at radius 1 is 1.21 bits per heavy atom. The summed E-state index contributed by atoms with van der Waals surface area (Å²) >= 11 is 0. The van der Waals surface area contributed by atoms with E-state index in [-0.39, 0.29) is 30.3 Å². The molecule has 1 aromatic carbocycles. The number of alkyl halides is 3. The van der Waals surface area contributed by atoms with E-state index in [9.17, 15) is 18.0 Å². The third kappa shape index (κ3) is 3.91. The molecule has 3 heterocycles. The number of rotatable bonds is 3. The largest absolute Gasteiger partial charge is 0.497 e. The quantitative estimate of drug-likeness (QED) is 0.808. The van der Waals surface area contributed by atoms with Crippen molar-refractivity contribution in [1.29, 1.82) is 0 Å². The maximum absolute atomic E-state index is 12.7. The first-order valence-corrected chi connectivity index (χ1v) is 8.91. The summed E-state index contributed by atoms with van der Waals surface area (Å²) in [5.74, 6) is -1.05. The fraction of sp³-hybridized carbons (Fsp3) is 0.500. The molecule has 1 N–H and O–H groups in total. The molecule has 0 spiro atoms. The molecule has 0 radical (unpaired) electrons. The Bertz CT molecular complexity index is 873. The van der Waals surface area contributed by atoms with Gasteiger partial charge >= 0.3 is 6.18 Å². The minimum atomic E-state index is -4.66. The molecule has 29 heavy (non-hydrogen) atoms. The second-order valence-electron chi connectivity index (χ2n) is 7.30. The van der Waals surface area contributed by atoms with Crippen LogP contribution in [0.2, 0.25) is 0 Å². The number of aromatic amines is 1. The van der Waals surface area contributed by atoms with Crippen LogP contribution in [0.3, 0.4) is 0 Å². The average Bonchev–Trinajstić information content (AvgIpc) is 3.35. The van der Waals surface area contributed by atoms with Gasteiger partial charge in [0.1, 0.15) is 5.75 Å². The van der Waals surface area contributed by atoms with E-state index < -0.39 is 23.7 Å². The van der Waals surface area contributed by atoms with Gasteiger partial charge in [-0.25, -0.2) is 0 Å². The number of carbonyl (C=O) groups excluding carboxylic acids is 1.